The van der Waals surface area contributed by atoms with E-state index in [-0.39, 0.29) is 12.0 Å². The Bertz CT molecular complexity index is 489. The molecule has 0 N–H and O–H groups in total. The quantitative estimate of drug-likeness (QED) is 0.806. The summed E-state index contributed by atoms with van der Waals surface area (Å²) in [5, 5.41) is 1.69. The first-order valence-electron chi connectivity index (χ1n) is 5.94. The summed E-state index contributed by atoms with van der Waals surface area (Å²) in [6.45, 7) is 0. The summed E-state index contributed by atoms with van der Waals surface area (Å²) < 4.78 is 0. The second-order valence-electron chi connectivity index (χ2n) is 4.26. The Labute approximate surface area is 106 Å². The molecule has 0 spiro atoms. The van der Waals surface area contributed by atoms with E-state index < -0.39 is 0 Å². The van der Waals surface area contributed by atoms with Crippen molar-refractivity contribution in [2.75, 3.05) is 5.06 Å². The molecule has 0 radical (unpaired) electrons. The maximum absolute atomic E-state index is 11.5. The van der Waals surface area contributed by atoms with Crippen LogP contribution in [0.25, 0.3) is 0 Å². The molecule has 1 fully saturated rings. The van der Waals surface area contributed by atoms with Crippen molar-refractivity contribution < 1.29 is 9.63 Å². The SMILES string of the molecule is O=C1CC(c2ccccc2)N(c2ccccc2)O1. The zero-order valence-corrected chi connectivity index (χ0v) is 9.82. The van der Waals surface area contributed by atoms with Crippen LogP contribution in [0.5, 0.6) is 0 Å². The second-order valence-corrected chi connectivity index (χ2v) is 4.26. The lowest BCUT2D eigenvalue weighted by atomic mass is 10.0. The second kappa shape index (κ2) is 4.53. The first kappa shape index (κ1) is 10.8. The maximum atomic E-state index is 11.5. The zero-order chi connectivity index (χ0) is 12.4. The average Bonchev–Trinajstić information content (AvgIpc) is 2.83. The summed E-state index contributed by atoms with van der Waals surface area (Å²) in [7, 11) is 0. The van der Waals surface area contributed by atoms with E-state index in [9.17, 15) is 4.79 Å². The Hall–Kier alpha value is -2.29. The van der Waals surface area contributed by atoms with E-state index in [0.29, 0.717) is 6.42 Å². The topological polar surface area (TPSA) is 29.5 Å². The minimum absolute atomic E-state index is 0.0406. The minimum atomic E-state index is -0.187. The predicted molar refractivity (Wildman–Crippen MR) is 68.8 cm³/mol. The van der Waals surface area contributed by atoms with Crippen LogP contribution >= 0.6 is 0 Å². The minimum Gasteiger partial charge on any atom is -0.340 e. The average molecular weight is 239 g/mol. The van der Waals surface area contributed by atoms with Crippen molar-refractivity contribution in [2.45, 2.75) is 12.5 Å². The molecule has 1 heterocycles. The third kappa shape index (κ3) is 1.95. The van der Waals surface area contributed by atoms with Crippen LogP contribution in [-0.2, 0) is 9.63 Å². The summed E-state index contributed by atoms with van der Waals surface area (Å²) in [6.07, 6.45) is 0.388. The van der Waals surface area contributed by atoms with Crippen LogP contribution in [0.3, 0.4) is 0 Å². The van der Waals surface area contributed by atoms with Crippen LogP contribution in [0.4, 0.5) is 5.69 Å². The number of hydrogen-bond donors (Lipinski definition) is 0. The summed E-state index contributed by atoms with van der Waals surface area (Å²) in [5.74, 6) is -0.187. The fourth-order valence-electron chi connectivity index (χ4n) is 2.19. The Morgan fingerprint density at radius 2 is 1.56 bits per heavy atom. The van der Waals surface area contributed by atoms with E-state index in [4.69, 9.17) is 4.84 Å². The molecule has 90 valence electrons. The van der Waals surface area contributed by atoms with Gasteiger partial charge in [-0.1, -0.05) is 48.5 Å². The molecular weight excluding hydrogens is 226 g/mol. The number of hydrogen-bond acceptors (Lipinski definition) is 3. The Morgan fingerprint density at radius 1 is 0.944 bits per heavy atom. The van der Waals surface area contributed by atoms with E-state index in [0.717, 1.165) is 11.3 Å². The van der Waals surface area contributed by atoms with Gasteiger partial charge in [0.05, 0.1) is 12.1 Å². The first-order chi connectivity index (χ1) is 8.84. The molecule has 3 rings (SSSR count). The van der Waals surface area contributed by atoms with Crippen molar-refractivity contribution in [3.8, 4) is 0 Å². The van der Waals surface area contributed by atoms with Gasteiger partial charge in [-0.05, 0) is 17.7 Å². The first-order valence-corrected chi connectivity index (χ1v) is 5.94. The third-order valence-corrected chi connectivity index (χ3v) is 3.04. The molecular formula is C15H13NO2. The van der Waals surface area contributed by atoms with Crippen LogP contribution in [0, 0.1) is 0 Å². The van der Waals surface area contributed by atoms with E-state index in [1.165, 1.54) is 0 Å². The number of anilines is 1. The van der Waals surface area contributed by atoms with E-state index in [2.05, 4.69) is 0 Å². The van der Waals surface area contributed by atoms with Crippen LogP contribution in [0.2, 0.25) is 0 Å². The number of hydroxylamine groups is 1. The van der Waals surface area contributed by atoms with Crippen molar-refractivity contribution in [3.63, 3.8) is 0 Å². The standard InChI is InChI=1S/C15H13NO2/c17-15-11-14(12-7-3-1-4-8-12)16(18-15)13-9-5-2-6-10-13/h1-10,14H,11H2. The highest BCUT2D eigenvalue weighted by molar-refractivity contribution is 5.76. The molecule has 1 atom stereocenters. The molecule has 2 aromatic carbocycles. The highest BCUT2D eigenvalue weighted by Crippen LogP contribution is 2.35. The molecule has 0 saturated carbocycles. The number of nitrogens with zero attached hydrogens (tertiary/aromatic N) is 1. The highest BCUT2D eigenvalue weighted by Gasteiger charge is 2.34. The predicted octanol–water partition coefficient (Wildman–Crippen LogP) is 3.10. The van der Waals surface area contributed by atoms with Crippen LogP contribution in [-0.4, -0.2) is 5.97 Å². The lowest BCUT2D eigenvalue weighted by molar-refractivity contribution is -0.139. The molecule has 3 heteroatoms. The van der Waals surface area contributed by atoms with Gasteiger partial charge in [-0.15, -0.1) is 0 Å². The lowest BCUT2D eigenvalue weighted by Crippen LogP contribution is -2.21. The number of benzene rings is 2. The highest BCUT2D eigenvalue weighted by atomic mass is 16.7. The van der Waals surface area contributed by atoms with Gasteiger partial charge >= 0.3 is 5.97 Å². The molecule has 1 aliphatic heterocycles. The van der Waals surface area contributed by atoms with Gasteiger partial charge in [-0.3, -0.25) is 0 Å². The van der Waals surface area contributed by atoms with Gasteiger partial charge in [0.2, 0.25) is 0 Å². The Kier molecular flexibility index (Phi) is 2.73. The number of para-hydroxylation sites is 1. The van der Waals surface area contributed by atoms with Crippen LogP contribution in [0.1, 0.15) is 18.0 Å². The third-order valence-electron chi connectivity index (χ3n) is 3.04. The largest absolute Gasteiger partial charge is 0.340 e. The molecule has 0 bridgehead atoms. The van der Waals surface area contributed by atoms with Gasteiger partial charge in [0.15, 0.2) is 0 Å². The van der Waals surface area contributed by atoms with E-state index in [1.807, 2.05) is 60.7 Å². The van der Waals surface area contributed by atoms with Crippen molar-refractivity contribution in [1.29, 1.82) is 0 Å². The van der Waals surface area contributed by atoms with Crippen molar-refractivity contribution in [3.05, 3.63) is 66.2 Å². The number of rotatable bonds is 2. The molecule has 3 nitrogen and oxygen atoms in total. The molecule has 2 aromatic rings. The lowest BCUT2D eigenvalue weighted by Gasteiger charge is -2.23. The fraction of sp³-hybridized carbons (Fsp3) is 0.133. The number of carbonyl (C=O) groups is 1. The van der Waals surface area contributed by atoms with Gasteiger partial charge < -0.3 is 4.84 Å². The normalized spacial score (nSPS) is 18.8. The van der Waals surface area contributed by atoms with Gasteiger partial charge in [0, 0.05) is 0 Å². The smallest absolute Gasteiger partial charge is 0.334 e. The van der Waals surface area contributed by atoms with Gasteiger partial charge in [0.25, 0.3) is 0 Å². The van der Waals surface area contributed by atoms with Gasteiger partial charge in [-0.2, -0.15) is 5.06 Å². The van der Waals surface area contributed by atoms with Crippen molar-refractivity contribution >= 4 is 11.7 Å². The molecule has 1 unspecified atom stereocenters. The van der Waals surface area contributed by atoms with Crippen molar-refractivity contribution in [2.24, 2.45) is 0 Å². The summed E-state index contributed by atoms with van der Waals surface area (Å²) in [6, 6.07) is 19.6. The molecule has 0 amide bonds. The summed E-state index contributed by atoms with van der Waals surface area (Å²) in [5.41, 5.74) is 1.99. The zero-order valence-electron chi connectivity index (χ0n) is 9.82. The summed E-state index contributed by atoms with van der Waals surface area (Å²) in [4.78, 5) is 16.9. The van der Waals surface area contributed by atoms with E-state index in [1.54, 1.807) is 5.06 Å². The number of carbonyl (C=O) groups excluding carboxylic acids is 1. The molecule has 0 aliphatic carbocycles. The van der Waals surface area contributed by atoms with E-state index >= 15 is 0 Å². The van der Waals surface area contributed by atoms with Crippen molar-refractivity contribution in [1.82, 2.24) is 0 Å². The van der Waals surface area contributed by atoms with Gasteiger partial charge in [0.1, 0.15) is 6.04 Å². The fourth-order valence-corrected chi connectivity index (χ4v) is 2.19. The summed E-state index contributed by atoms with van der Waals surface area (Å²) >= 11 is 0. The van der Waals surface area contributed by atoms with Gasteiger partial charge in [-0.25, -0.2) is 4.79 Å². The maximum Gasteiger partial charge on any atom is 0.334 e. The molecule has 1 aliphatic rings. The van der Waals surface area contributed by atoms with Crippen LogP contribution in [0.15, 0.2) is 60.7 Å². The molecule has 18 heavy (non-hydrogen) atoms. The van der Waals surface area contributed by atoms with Crippen LogP contribution < -0.4 is 5.06 Å². The molecule has 0 aromatic heterocycles. The Balaban J connectivity index is 1.96. The monoisotopic (exact) mass is 239 g/mol. The Morgan fingerprint density at radius 3 is 2.22 bits per heavy atom. The molecule has 1 saturated heterocycles.